The molecule has 23 heavy (non-hydrogen) atoms. The molecule has 0 saturated heterocycles. The summed E-state index contributed by atoms with van der Waals surface area (Å²) in [5, 5.41) is 0. The summed E-state index contributed by atoms with van der Waals surface area (Å²) in [5.41, 5.74) is 0.142. The molecule has 0 aliphatic rings. The van der Waals surface area contributed by atoms with Crippen LogP contribution in [-0.2, 0) is 9.47 Å². The molecule has 0 unspecified atom stereocenters. The Morgan fingerprint density at radius 3 is 2.48 bits per heavy atom. The molecule has 0 aliphatic carbocycles. The van der Waals surface area contributed by atoms with Gasteiger partial charge in [0.25, 0.3) is 0 Å². The molecule has 0 aliphatic heterocycles. The molecule has 0 fully saturated rings. The first-order chi connectivity index (χ1) is 11.1. The van der Waals surface area contributed by atoms with Gasteiger partial charge in [-0.05, 0) is 25.1 Å². The average Bonchev–Trinajstić information content (AvgIpc) is 2.55. The number of carbonyl (C=O) groups is 2. The van der Waals surface area contributed by atoms with Crippen molar-refractivity contribution in [2.45, 2.75) is 20.8 Å². The van der Waals surface area contributed by atoms with Crippen molar-refractivity contribution in [2.24, 2.45) is 0 Å². The van der Waals surface area contributed by atoms with Crippen LogP contribution in [0.1, 0.15) is 31.1 Å². The molecule has 0 atom stereocenters. The topological polar surface area (TPSA) is 61.8 Å². The predicted octanol–water partition coefficient (Wildman–Crippen LogP) is 4.66. The van der Waals surface area contributed by atoms with Gasteiger partial charge in [0.15, 0.2) is 0 Å². The summed E-state index contributed by atoms with van der Waals surface area (Å²) in [5.74, 6) is -0.429. The fourth-order valence-electron chi connectivity index (χ4n) is 1.36. The van der Waals surface area contributed by atoms with Gasteiger partial charge in [-0.3, -0.25) is 0 Å². The molecule has 0 aromatic heterocycles. The first-order valence-electron chi connectivity index (χ1n) is 7.22. The van der Waals surface area contributed by atoms with Gasteiger partial charge in [-0.2, -0.15) is 0 Å². The summed E-state index contributed by atoms with van der Waals surface area (Å²) in [6.45, 7) is 12.9. The number of allylic oxidation sites excluding steroid dienone is 3. The summed E-state index contributed by atoms with van der Waals surface area (Å²) < 4.78 is 14.7. The van der Waals surface area contributed by atoms with E-state index in [9.17, 15) is 9.59 Å². The minimum atomic E-state index is -0.995. The highest BCUT2D eigenvalue weighted by Gasteiger charge is 2.16. The van der Waals surface area contributed by atoms with Gasteiger partial charge in [-0.25, -0.2) is 9.59 Å². The Morgan fingerprint density at radius 2 is 1.87 bits per heavy atom. The first-order valence-corrected chi connectivity index (χ1v) is 7.22. The number of hydrogen-bond acceptors (Lipinski definition) is 5. The minimum Gasteiger partial charge on any atom is -0.462 e. The van der Waals surface area contributed by atoms with Crippen LogP contribution in [0, 0.1) is 0 Å². The van der Waals surface area contributed by atoms with Crippen molar-refractivity contribution >= 4 is 12.1 Å². The normalized spacial score (nSPS) is 9.35. The molecule has 0 spiro atoms. The molecule has 124 valence electrons. The van der Waals surface area contributed by atoms with E-state index in [0.29, 0.717) is 0 Å². The van der Waals surface area contributed by atoms with Crippen LogP contribution in [0.3, 0.4) is 0 Å². The van der Waals surface area contributed by atoms with Gasteiger partial charge in [0.2, 0.25) is 0 Å². The van der Waals surface area contributed by atoms with Crippen molar-refractivity contribution in [1.82, 2.24) is 0 Å². The average molecular weight is 318 g/mol. The van der Waals surface area contributed by atoms with Gasteiger partial charge in [0.05, 0.1) is 6.61 Å². The number of ether oxygens (including phenoxy) is 3. The fraction of sp³-hybridized carbons (Fsp3) is 0.222. The van der Waals surface area contributed by atoms with E-state index in [0.717, 1.165) is 0 Å². The van der Waals surface area contributed by atoms with Crippen molar-refractivity contribution in [3.8, 4) is 5.75 Å². The van der Waals surface area contributed by atoms with E-state index in [-0.39, 0.29) is 23.7 Å². The zero-order valence-corrected chi connectivity index (χ0v) is 13.7. The van der Waals surface area contributed by atoms with Crippen LogP contribution in [0.5, 0.6) is 5.75 Å². The lowest BCUT2D eigenvalue weighted by molar-refractivity contribution is 0.0522. The van der Waals surface area contributed by atoms with Gasteiger partial charge in [-0.1, -0.05) is 51.3 Å². The second-order valence-electron chi connectivity index (χ2n) is 3.73. The Labute approximate surface area is 136 Å². The highest BCUT2D eigenvalue weighted by molar-refractivity contribution is 5.93. The van der Waals surface area contributed by atoms with Crippen LogP contribution in [0.2, 0.25) is 0 Å². The molecule has 0 N–H and O–H groups in total. The molecule has 0 bridgehead atoms. The number of benzene rings is 1. The largest absolute Gasteiger partial charge is 0.519 e. The quantitative estimate of drug-likeness (QED) is 0.330. The number of carbonyl (C=O) groups excluding carboxylic acids is 2. The molecule has 0 radical (unpaired) electrons. The molecule has 1 aromatic carbocycles. The third kappa shape index (κ3) is 7.66. The number of rotatable bonds is 6. The van der Waals surface area contributed by atoms with E-state index < -0.39 is 12.1 Å². The summed E-state index contributed by atoms with van der Waals surface area (Å²) in [6, 6.07) is 6.22. The second kappa shape index (κ2) is 11.8. The number of esters is 1. The Morgan fingerprint density at radius 1 is 1.22 bits per heavy atom. The summed E-state index contributed by atoms with van der Waals surface area (Å²) in [4.78, 5) is 23.3. The van der Waals surface area contributed by atoms with Crippen molar-refractivity contribution in [1.29, 1.82) is 0 Å². The Bertz CT molecular complexity index is 573. The van der Waals surface area contributed by atoms with Crippen molar-refractivity contribution in [2.75, 3.05) is 6.61 Å². The molecule has 0 saturated carbocycles. The number of para-hydroxylation sites is 1. The smallest absolute Gasteiger partial charge is 0.462 e. The molecule has 5 nitrogen and oxygen atoms in total. The maximum absolute atomic E-state index is 11.7. The minimum absolute atomic E-state index is 0.0569. The third-order valence-corrected chi connectivity index (χ3v) is 2.21. The standard InChI is InChI=1S/C16H16O5.C2H6/c1-4-6-9-12(3)20-16(18)21-14-11-8-7-10-13(14)15(17)19-5-2;1-2/h4,6-11H,1,3,5H2,2H3;1-2H3/b9-6-;. The molecular formula is C18H22O5. The van der Waals surface area contributed by atoms with Crippen LogP contribution in [0.25, 0.3) is 0 Å². The Balaban J connectivity index is 0.00000232. The van der Waals surface area contributed by atoms with Crippen LogP contribution < -0.4 is 4.74 Å². The SMILES string of the molecule is C=C/C=C\C(=C)OC(=O)Oc1ccccc1C(=O)OCC.CC. The predicted molar refractivity (Wildman–Crippen MR) is 89.3 cm³/mol. The highest BCUT2D eigenvalue weighted by Crippen LogP contribution is 2.20. The van der Waals surface area contributed by atoms with Crippen molar-refractivity contribution in [3.63, 3.8) is 0 Å². The van der Waals surface area contributed by atoms with Crippen molar-refractivity contribution in [3.05, 3.63) is 67.0 Å². The summed E-state index contributed by atoms with van der Waals surface area (Å²) in [7, 11) is 0. The fourth-order valence-corrected chi connectivity index (χ4v) is 1.36. The van der Waals surface area contributed by atoms with Crippen LogP contribution in [0.15, 0.2) is 61.4 Å². The van der Waals surface area contributed by atoms with Crippen LogP contribution in [0.4, 0.5) is 4.79 Å². The van der Waals surface area contributed by atoms with Gasteiger partial charge in [0.1, 0.15) is 17.1 Å². The van der Waals surface area contributed by atoms with Crippen molar-refractivity contribution < 1.29 is 23.8 Å². The molecule has 1 rings (SSSR count). The lowest BCUT2D eigenvalue weighted by Crippen LogP contribution is -2.13. The maximum atomic E-state index is 11.7. The Hall–Kier alpha value is -2.82. The highest BCUT2D eigenvalue weighted by atomic mass is 16.7. The molecule has 5 heteroatoms. The summed E-state index contributed by atoms with van der Waals surface area (Å²) >= 11 is 0. The molecular weight excluding hydrogens is 296 g/mol. The third-order valence-electron chi connectivity index (χ3n) is 2.21. The molecule has 0 heterocycles. The monoisotopic (exact) mass is 318 g/mol. The lowest BCUT2D eigenvalue weighted by Gasteiger charge is -2.09. The van der Waals surface area contributed by atoms with E-state index in [1.165, 1.54) is 24.3 Å². The van der Waals surface area contributed by atoms with Gasteiger partial charge < -0.3 is 14.2 Å². The van der Waals surface area contributed by atoms with E-state index in [2.05, 4.69) is 13.2 Å². The number of hydrogen-bond donors (Lipinski definition) is 0. The lowest BCUT2D eigenvalue weighted by atomic mass is 10.2. The maximum Gasteiger partial charge on any atom is 0.519 e. The van der Waals surface area contributed by atoms with E-state index in [1.54, 1.807) is 25.1 Å². The second-order valence-corrected chi connectivity index (χ2v) is 3.73. The molecule has 1 aromatic rings. The van der Waals surface area contributed by atoms with Gasteiger partial charge in [-0.15, -0.1) is 0 Å². The zero-order valence-electron chi connectivity index (χ0n) is 13.7. The molecule has 0 amide bonds. The van der Waals surface area contributed by atoms with Gasteiger partial charge >= 0.3 is 12.1 Å². The van der Waals surface area contributed by atoms with Crippen LogP contribution >= 0.6 is 0 Å². The Kier molecular flexibility index (Phi) is 10.4. The van der Waals surface area contributed by atoms with E-state index in [1.807, 2.05) is 13.8 Å². The first kappa shape index (κ1) is 20.2. The van der Waals surface area contributed by atoms with E-state index >= 15 is 0 Å². The zero-order chi connectivity index (χ0) is 17.7. The van der Waals surface area contributed by atoms with Gasteiger partial charge in [0, 0.05) is 0 Å². The van der Waals surface area contributed by atoms with Crippen LogP contribution in [-0.4, -0.2) is 18.7 Å². The summed E-state index contributed by atoms with van der Waals surface area (Å²) in [6.07, 6.45) is 3.52. The van der Waals surface area contributed by atoms with E-state index in [4.69, 9.17) is 14.2 Å².